The van der Waals surface area contributed by atoms with Crippen molar-refractivity contribution in [3.63, 3.8) is 0 Å². The Morgan fingerprint density at radius 2 is 2.00 bits per heavy atom. The molecule has 0 heterocycles. The summed E-state index contributed by atoms with van der Waals surface area (Å²) in [6.45, 7) is 5.12. The second-order valence-electron chi connectivity index (χ2n) is 4.13. The summed E-state index contributed by atoms with van der Waals surface area (Å²) in [4.78, 5) is 11.6. The summed E-state index contributed by atoms with van der Waals surface area (Å²) in [5.41, 5.74) is 13.0. The lowest BCUT2D eigenvalue weighted by atomic mass is 10.1. The fraction of sp³-hybridized carbons (Fsp3) is 0.0714. The van der Waals surface area contributed by atoms with Crippen LogP contribution in [0.5, 0.6) is 5.75 Å². The molecule has 0 saturated heterocycles. The van der Waals surface area contributed by atoms with Gasteiger partial charge >= 0.3 is 5.97 Å². The largest absolute Gasteiger partial charge is 0.422 e. The Bertz CT molecular complexity index is 648. The molecule has 0 spiro atoms. The van der Waals surface area contributed by atoms with E-state index in [2.05, 4.69) is 6.58 Å². The molecule has 2 aromatic carbocycles. The molecule has 4 N–H and O–H groups in total. The quantitative estimate of drug-likeness (QED) is 0.367. The molecule has 0 aromatic heterocycles. The number of anilines is 2. The van der Waals surface area contributed by atoms with Gasteiger partial charge in [-0.1, -0.05) is 18.7 Å². The van der Waals surface area contributed by atoms with Crippen molar-refractivity contribution in [2.45, 2.75) is 6.92 Å². The number of esters is 1. The van der Waals surface area contributed by atoms with Crippen LogP contribution in [0.4, 0.5) is 11.4 Å². The SMILES string of the molecule is C=C(C)C(=O)Oc1cc(N)cc2cccc(N)c12. The molecule has 0 radical (unpaired) electrons. The zero-order valence-electron chi connectivity index (χ0n) is 10.1. The Hall–Kier alpha value is -2.49. The molecule has 0 saturated carbocycles. The van der Waals surface area contributed by atoms with Gasteiger partial charge in [-0.3, -0.25) is 0 Å². The second-order valence-corrected chi connectivity index (χ2v) is 4.13. The van der Waals surface area contributed by atoms with Gasteiger partial charge in [-0.05, 0) is 24.4 Å². The van der Waals surface area contributed by atoms with Crippen LogP contribution >= 0.6 is 0 Å². The van der Waals surface area contributed by atoms with Crippen molar-refractivity contribution in [3.05, 3.63) is 42.5 Å². The van der Waals surface area contributed by atoms with Crippen LogP contribution in [0.15, 0.2) is 42.5 Å². The molecule has 0 aliphatic heterocycles. The van der Waals surface area contributed by atoms with E-state index in [1.165, 1.54) is 0 Å². The molecule has 2 aromatic rings. The molecule has 0 fully saturated rings. The van der Waals surface area contributed by atoms with Crippen LogP contribution < -0.4 is 16.2 Å². The number of hydrogen-bond donors (Lipinski definition) is 2. The van der Waals surface area contributed by atoms with E-state index in [1.807, 2.05) is 12.1 Å². The molecule has 4 nitrogen and oxygen atoms in total. The van der Waals surface area contributed by atoms with Crippen molar-refractivity contribution in [1.82, 2.24) is 0 Å². The molecule has 0 atom stereocenters. The molecule has 92 valence electrons. The minimum atomic E-state index is -0.495. The lowest BCUT2D eigenvalue weighted by molar-refractivity contribution is -0.129. The first-order valence-corrected chi connectivity index (χ1v) is 5.44. The monoisotopic (exact) mass is 242 g/mol. The fourth-order valence-electron chi connectivity index (χ4n) is 1.71. The van der Waals surface area contributed by atoms with Crippen molar-refractivity contribution in [2.75, 3.05) is 11.5 Å². The van der Waals surface area contributed by atoms with Gasteiger partial charge in [-0.25, -0.2) is 4.79 Å². The molecule has 18 heavy (non-hydrogen) atoms. The van der Waals surface area contributed by atoms with Crippen molar-refractivity contribution in [2.24, 2.45) is 0 Å². The summed E-state index contributed by atoms with van der Waals surface area (Å²) in [6, 6.07) is 8.79. The number of carbonyl (C=O) groups excluding carboxylic acids is 1. The number of nitrogens with two attached hydrogens (primary N) is 2. The van der Waals surface area contributed by atoms with Gasteiger partial charge in [0.1, 0.15) is 5.75 Å². The van der Waals surface area contributed by atoms with Gasteiger partial charge in [0.25, 0.3) is 0 Å². The normalized spacial score (nSPS) is 10.3. The van der Waals surface area contributed by atoms with Crippen LogP contribution in [-0.4, -0.2) is 5.97 Å². The lowest BCUT2D eigenvalue weighted by Crippen LogP contribution is -2.09. The van der Waals surface area contributed by atoms with Gasteiger partial charge < -0.3 is 16.2 Å². The highest BCUT2D eigenvalue weighted by atomic mass is 16.5. The van der Waals surface area contributed by atoms with E-state index >= 15 is 0 Å². The lowest BCUT2D eigenvalue weighted by Gasteiger charge is -2.10. The fourth-order valence-corrected chi connectivity index (χ4v) is 1.71. The van der Waals surface area contributed by atoms with Crippen LogP contribution in [0.25, 0.3) is 10.8 Å². The average molecular weight is 242 g/mol. The Kier molecular flexibility index (Phi) is 2.93. The number of ether oxygens (including phenoxy) is 1. The molecular weight excluding hydrogens is 228 g/mol. The maximum absolute atomic E-state index is 11.6. The maximum atomic E-state index is 11.6. The molecule has 0 amide bonds. The van der Waals surface area contributed by atoms with E-state index in [9.17, 15) is 4.79 Å². The third-order valence-electron chi connectivity index (χ3n) is 2.55. The predicted molar refractivity (Wildman–Crippen MR) is 73.2 cm³/mol. The molecule has 0 bridgehead atoms. The van der Waals surface area contributed by atoms with Crippen molar-refractivity contribution < 1.29 is 9.53 Å². The summed E-state index contributed by atoms with van der Waals surface area (Å²) in [5.74, 6) is -0.138. The Balaban J connectivity index is 2.62. The van der Waals surface area contributed by atoms with E-state index in [0.29, 0.717) is 28.1 Å². The molecule has 4 heteroatoms. The minimum Gasteiger partial charge on any atom is -0.422 e. The molecule has 0 aliphatic carbocycles. The van der Waals surface area contributed by atoms with Gasteiger partial charge in [0, 0.05) is 28.4 Å². The van der Waals surface area contributed by atoms with Crippen LogP contribution in [0.1, 0.15) is 6.92 Å². The number of carbonyl (C=O) groups is 1. The number of hydrogen-bond acceptors (Lipinski definition) is 4. The van der Waals surface area contributed by atoms with Gasteiger partial charge in [0.15, 0.2) is 0 Å². The van der Waals surface area contributed by atoms with Crippen molar-refractivity contribution >= 4 is 28.1 Å². The molecular formula is C14H14N2O2. The Labute approximate surface area is 105 Å². The predicted octanol–water partition coefficient (Wildman–Crippen LogP) is 2.49. The van der Waals surface area contributed by atoms with Gasteiger partial charge in [-0.15, -0.1) is 0 Å². The third kappa shape index (κ3) is 2.13. The van der Waals surface area contributed by atoms with Gasteiger partial charge in [0.05, 0.1) is 0 Å². The number of rotatable bonds is 2. The van der Waals surface area contributed by atoms with E-state index in [-0.39, 0.29) is 0 Å². The van der Waals surface area contributed by atoms with E-state index in [0.717, 1.165) is 5.39 Å². The Morgan fingerprint density at radius 3 is 2.67 bits per heavy atom. The summed E-state index contributed by atoms with van der Waals surface area (Å²) in [7, 11) is 0. The molecule has 0 aliphatic rings. The minimum absolute atomic E-state index is 0.320. The first kappa shape index (κ1) is 12.0. The highest BCUT2D eigenvalue weighted by Gasteiger charge is 2.11. The maximum Gasteiger partial charge on any atom is 0.338 e. The van der Waals surface area contributed by atoms with E-state index in [4.69, 9.17) is 16.2 Å². The number of nitrogen functional groups attached to an aromatic ring is 2. The first-order valence-electron chi connectivity index (χ1n) is 5.44. The number of benzene rings is 2. The second kappa shape index (κ2) is 4.41. The summed E-state index contributed by atoms with van der Waals surface area (Å²) in [5, 5.41) is 1.51. The standard InChI is InChI=1S/C14H14N2O2/c1-8(2)14(17)18-12-7-10(15)6-9-4-3-5-11(16)13(9)12/h3-7H,1,15-16H2,2H3. The average Bonchev–Trinajstić information content (AvgIpc) is 2.28. The van der Waals surface area contributed by atoms with Gasteiger partial charge in [-0.2, -0.15) is 0 Å². The Morgan fingerprint density at radius 1 is 1.28 bits per heavy atom. The van der Waals surface area contributed by atoms with Crippen LogP contribution in [0.2, 0.25) is 0 Å². The summed E-state index contributed by atoms with van der Waals surface area (Å²) >= 11 is 0. The highest BCUT2D eigenvalue weighted by molar-refractivity contribution is 6.02. The van der Waals surface area contributed by atoms with Crippen molar-refractivity contribution in [1.29, 1.82) is 0 Å². The molecule has 2 rings (SSSR count). The smallest absolute Gasteiger partial charge is 0.338 e. The van der Waals surface area contributed by atoms with Gasteiger partial charge in [0.2, 0.25) is 0 Å². The topological polar surface area (TPSA) is 78.3 Å². The van der Waals surface area contributed by atoms with Crippen LogP contribution in [0.3, 0.4) is 0 Å². The number of fused-ring (bicyclic) bond motifs is 1. The van der Waals surface area contributed by atoms with E-state index in [1.54, 1.807) is 25.1 Å². The third-order valence-corrected chi connectivity index (χ3v) is 2.55. The zero-order valence-corrected chi connectivity index (χ0v) is 10.1. The molecule has 0 unspecified atom stereocenters. The first-order chi connectivity index (χ1) is 8.49. The van der Waals surface area contributed by atoms with Crippen molar-refractivity contribution in [3.8, 4) is 5.75 Å². The van der Waals surface area contributed by atoms with Crippen LogP contribution in [0, 0.1) is 0 Å². The van der Waals surface area contributed by atoms with E-state index < -0.39 is 5.97 Å². The summed E-state index contributed by atoms with van der Waals surface area (Å²) < 4.78 is 5.25. The summed E-state index contributed by atoms with van der Waals surface area (Å²) in [6.07, 6.45) is 0. The zero-order chi connectivity index (χ0) is 13.3. The van der Waals surface area contributed by atoms with Crippen LogP contribution in [-0.2, 0) is 4.79 Å². The highest BCUT2D eigenvalue weighted by Crippen LogP contribution is 2.33.